The highest BCUT2D eigenvalue weighted by Crippen LogP contribution is 2.36. The molecule has 1 aromatic heterocycles. The van der Waals surface area contributed by atoms with E-state index >= 15 is 0 Å². The van der Waals surface area contributed by atoms with Crippen molar-refractivity contribution >= 4 is 11.8 Å². The summed E-state index contributed by atoms with van der Waals surface area (Å²) in [6, 6.07) is 2.00. The molecule has 2 rings (SSSR count). The van der Waals surface area contributed by atoms with Gasteiger partial charge in [-0.1, -0.05) is 11.6 Å². The van der Waals surface area contributed by atoms with E-state index in [0.29, 0.717) is 11.1 Å². The average molecular weight is 209 g/mol. The summed E-state index contributed by atoms with van der Waals surface area (Å²) in [6.45, 7) is 0. The summed E-state index contributed by atoms with van der Waals surface area (Å²) in [5.74, 6) is 2.38. The second kappa shape index (κ2) is 4.47. The lowest BCUT2D eigenvalue weighted by atomic mass is 10.2. The Morgan fingerprint density at radius 1 is 1.57 bits per heavy atom. The lowest BCUT2D eigenvalue weighted by Crippen LogP contribution is -2.03. The van der Waals surface area contributed by atoms with E-state index in [1.807, 2.05) is 17.8 Å². The summed E-state index contributed by atoms with van der Waals surface area (Å²) in [6.07, 6.45) is 3.85. The van der Waals surface area contributed by atoms with Crippen LogP contribution >= 0.6 is 11.8 Å². The molecular formula is C9H11N3OS. The quantitative estimate of drug-likeness (QED) is 0.746. The largest absolute Gasteiger partial charge is 0.338 e. The highest BCUT2D eigenvalue weighted by molar-refractivity contribution is 7.99. The van der Waals surface area contributed by atoms with Crippen LogP contribution in [0.1, 0.15) is 36.2 Å². The first kappa shape index (κ1) is 9.53. The van der Waals surface area contributed by atoms with Crippen LogP contribution in [0, 0.1) is 11.3 Å². The van der Waals surface area contributed by atoms with Crippen LogP contribution in [0.4, 0.5) is 0 Å². The fourth-order valence-electron chi connectivity index (χ4n) is 1.48. The van der Waals surface area contributed by atoms with Crippen LogP contribution in [-0.2, 0) is 6.42 Å². The van der Waals surface area contributed by atoms with Crippen molar-refractivity contribution in [2.24, 2.45) is 0 Å². The summed E-state index contributed by atoms with van der Waals surface area (Å²) < 4.78 is 4.96. The molecule has 1 saturated heterocycles. The van der Waals surface area contributed by atoms with Gasteiger partial charge in [0.05, 0.1) is 11.3 Å². The zero-order valence-corrected chi connectivity index (χ0v) is 8.59. The SMILES string of the molecule is N#CCc1nc(C2CCCCS2)no1. The monoisotopic (exact) mass is 209 g/mol. The van der Waals surface area contributed by atoms with E-state index in [1.165, 1.54) is 18.6 Å². The normalized spacial score (nSPS) is 21.8. The number of thioether (sulfide) groups is 1. The first-order chi connectivity index (χ1) is 6.90. The standard InChI is InChI=1S/C9H11N3OS/c10-5-4-8-11-9(12-13-8)7-3-1-2-6-14-7/h7H,1-4,6H2. The average Bonchev–Trinajstić information content (AvgIpc) is 2.68. The fourth-order valence-corrected chi connectivity index (χ4v) is 2.72. The Morgan fingerprint density at radius 2 is 2.50 bits per heavy atom. The van der Waals surface area contributed by atoms with E-state index in [0.717, 1.165) is 12.2 Å². The van der Waals surface area contributed by atoms with Crippen molar-refractivity contribution in [1.82, 2.24) is 10.1 Å². The number of hydrogen-bond donors (Lipinski definition) is 0. The maximum Gasteiger partial charge on any atom is 0.240 e. The minimum atomic E-state index is 0.213. The van der Waals surface area contributed by atoms with Crippen LogP contribution < -0.4 is 0 Å². The van der Waals surface area contributed by atoms with E-state index in [4.69, 9.17) is 9.78 Å². The zero-order valence-electron chi connectivity index (χ0n) is 7.77. The highest BCUT2D eigenvalue weighted by Gasteiger charge is 2.21. The molecule has 0 aromatic carbocycles. The third-order valence-corrected chi connectivity index (χ3v) is 3.56. The van der Waals surface area contributed by atoms with Gasteiger partial charge in [0.15, 0.2) is 5.82 Å². The van der Waals surface area contributed by atoms with Crippen LogP contribution in [0.2, 0.25) is 0 Å². The summed E-state index contributed by atoms with van der Waals surface area (Å²) in [5, 5.41) is 12.7. The Kier molecular flexibility index (Phi) is 3.04. The number of nitriles is 1. The van der Waals surface area contributed by atoms with Crippen molar-refractivity contribution < 1.29 is 4.52 Å². The lowest BCUT2D eigenvalue weighted by molar-refractivity contribution is 0.380. The van der Waals surface area contributed by atoms with Gasteiger partial charge in [-0.2, -0.15) is 22.0 Å². The van der Waals surface area contributed by atoms with Crippen molar-refractivity contribution in [3.63, 3.8) is 0 Å². The van der Waals surface area contributed by atoms with Gasteiger partial charge in [0.1, 0.15) is 6.42 Å². The molecule has 14 heavy (non-hydrogen) atoms. The van der Waals surface area contributed by atoms with Gasteiger partial charge in [-0.15, -0.1) is 0 Å². The molecule has 0 radical (unpaired) electrons. The molecule has 2 heterocycles. The third-order valence-electron chi connectivity index (χ3n) is 2.18. The zero-order chi connectivity index (χ0) is 9.80. The van der Waals surface area contributed by atoms with Gasteiger partial charge in [0, 0.05) is 0 Å². The van der Waals surface area contributed by atoms with Crippen molar-refractivity contribution in [3.05, 3.63) is 11.7 Å². The Hall–Kier alpha value is -1.02. The maximum absolute atomic E-state index is 8.46. The van der Waals surface area contributed by atoms with Gasteiger partial charge in [-0.25, -0.2) is 0 Å². The van der Waals surface area contributed by atoms with E-state index in [9.17, 15) is 0 Å². The molecule has 1 fully saturated rings. The molecule has 1 atom stereocenters. The minimum Gasteiger partial charge on any atom is -0.338 e. The van der Waals surface area contributed by atoms with E-state index in [-0.39, 0.29) is 6.42 Å². The van der Waals surface area contributed by atoms with E-state index < -0.39 is 0 Å². The number of nitrogens with zero attached hydrogens (tertiary/aromatic N) is 3. The Bertz CT molecular complexity index is 338. The first-order valence-electron chi connectivity index (χ1n) is 4.71. The number of rotatable bonds is 2. The summed E-state index contributed by atoms with van der Waals surface area (Å²) in [4.78, 5) is 4.20. The van der Waals surface area contributed by atoms with Crippen molar-refractivity contribution in [2.45, 2.75) is 30.9 Å². The fraction of sp³-hybridized carbons (Fsp3) is 0.667. The van der Waals surface area contributed by atoms with E-state index in [1.54, 1.807) is 0 Å². The molecule has 0 bridgehead atoms. The molecule has 4 nitrogen and oxygen atoms in total. The molecule has 5 heteroatoms. The number of hydrogen-bond acceptors (Lipinski definition) is 5. The Labute approximate surface area is 86.7 Å². The molecule has 1 aliphatic heterocycles. The van der Waals surface area contributed by atoms with Gasteiger partial charge in [-0.05, 0) is 18.6 Å². The van der Waals surface area contributed by atoms with Crippen LogP contribution in [-0.4, -0.2) is 15.9 Å². The molecule has 1 aliphatic rings. The highest BCUT2D eigenvalue weighted by atomic mass is 32.2. The Balaban J connectivity index is 2.04. The predicted octanol–water partition coefficient (Wildman–Crippen LogP) is 2.09. The van der Waals surface area contributed by atoms with Gasteiger partial charge in [0.2, 0.25) is 5.89 Å². The van der Waals surface area contributed by atoms with Crippen LogP contribution in [0.25, 0.3) is 0 Å². The molecular weight excluding hydrogens is 198 g/mol. The van der Waals surface area contributed by atoms with Crippen LogP contribution in [0.5, 0.6) is 0 Å². The molecule has 1 unspecified atom stereocenters. The van der Waals surface area contributed by atoms with Crippen molar-refractivity contribution in [3.8, 4) is 6.07 Å². The van der Waals surface area contributed by atoms with Crippen molar-refractivity contribution in [1.29, 1.82) is 5.26 Å². The molecule has 0 saturated carbocycles. The second-order valence-corrected chi connectivity index (χ2v) is 4.55. The van der Waals surface area contributed by atoms with Crippen LogP contribution in [0.3, 0.4) is 0 Å². The molecule has 74 valence electrons. The van der Waals surface area contributed by atoms with Gasteiger partial charge in [-0.3, -0.25) is 0 Å². The van der Waals surface area contributed by atoms with E-state index in [2.05, 4.69) is 10.1 Å². The predicted molar refractivity (Wildman–Crippen MR) is 52.7 cm³/mol. The summed E-state index contributed by atoms with van der Waals surface area (Å²) >= 11 is 1.88. The van der Waals surface area contributed by atoms with Gasteiger partial charge >= 0.3 is 0 Å². The minimum absolute atomic E-state index is 0.213. The number of aromatic nitrogens is 2. The Morgan fingerprint density at radius 3 is 3.21 bits per heavy atom. The lowest BCUT2D eigenvalue weighted by Gasteiger charge is -2.17. The summed E-state index contributed by atoms with van der Waals surface area (Å²) in [7, 11) is 0. The topological polar surface area (TPSA) is 62.7 Å². The molecule has 0 spiro atoms. The van der Waals surface area contributed by atoms with Crippen molar-refractivity contribution in [2.75, 3.05) is 5.75 Å². The van der Waals surface area contributed by atoms with Crippen LogP contribution in [0.15, 0.2) is 4.52 Å². The maximum atomic E-state index is 8.46. The van der Waals surface area contributed by atoms with Gasteiger partial charge in [0.25, 0.3) is 0 Å². The second-order valence-electron chi connectivity index (χ2n) is 3.24. The molecule has 0 aliphatic carbocycles. The first-order valence-corrected chi connectivity index (χ1v) is 5.76. The third kappa shape index (κ3) is 2.07. The van der Waals surface area contributed by atoms with Gasteiger partial charge < -0.3 is 4.52 Å². The smallest absolute Gasteiger partial charge is 0.240 e. The molecule has 0 N–H and O–H groups in total. The molecule has 1 aromatic rings. The molecule has 0 amide bonds. The summed E-state index contributed by atoms with van der Waals surface area (Å²) in [5.41, 5.74) is 0.